The lowest BCUT2D eigenvalue weighted by molar-refractivity contribution is -0.545. The van der Waals surface area contributed by atoms with E-state index < -0.39 is 24.3 Å². The van der Waals surface area contributed by atoms with Crippen LogP contribution < -0.4 is 0 Å². The number of amides is 3. The molecule has 0 N–H and O–H groups in total. The van der Waals surface area contributed by atoms with Gasteiger partial charge in [-0.25, -0.2) is 18.5 Å². The van der Waals surface area contributed by atoms with E-state index in [2.05, 4.69) is 0 Å². The summed E-state index contributed by atoms with van der Waals surface area (Å²) in [7, 11) is 2.85. The Balaban J connectivity index is 2.24. The van der Waals surface area contributed by atoms with E-state index in [1.54, 1.807) is 9.48 Å². The number of piperazine rings is 1. The first-order chi connectivity index (χ1) is 10.4. The van der Waals surface area contributed by atoms with Gasteiger partial charge >= 0.3 is 6.03 Å². The number of nitriles is 1. The van der Waals surface area contributed by atoms with Crippen LogP contribution in [0.15, 0.2) is 0 Å². The van der Waals surface area contributed by atoms with Gasteiger partial charge in [0, 0.05) is 20.1 Å². The summed E-state index contributed by atoms with van der Waals surface area (Å²) in [6.45, 7) is 1.31. The molecule has 0 aromatic rings. The number of nitrogens with zero attached hydrogens (tertiary/aromatic N) is 5. The van der Waals surface area contributed by atoms with Crippen molar-refractivity contribution >= 4 is 17.8 Å². The average Bonchev–Trinajstić information content (AvgIpc) is 2.49. The maximum Gasteiger partial charge on any atom is 0.417 e. The summed E-state index contributed by atoms with van der Waals surface area (Å²) in [6, 6.07) is 1.43. The Morgan fingerprint density at radius 3 is 2.36 bits per heavy atom. The minimum atomic E-state index is -2.39. The van der Waals surface area contributed by atoms with Crippen molar-refractivity contribution in [3.8, 4) is 6.07 Å². The van der Waals surface area contributed by atoms with E-state index in [0.29, 0.717) is 32.0 Å². The van der Waals surface area contributed by atoms with Crippen molar-refractivity contribution in [2.24, 2.45) is 5.92 Å². The summed E-state index contributed by atoms with van der Waals surface area (Å²) in [4.78, 5) is 27.9. The Bertz CT molecular complexity index is 547. The van der Waals surface area contributed by atoms with Crippen molar-refractivity contribution < 1.29 is 22.9 Å². The van der Waals surface area contributed by atoms with Crippen molar-refractivity contribution in [2.45, 2.75) is 6.43 Å². The zero-order chi connectivity index (χ0) is 16.4. The van der Waals surface area contributed by atoms with Crippen LogP contribution in [0.5, 0.6) is 0 Å². The normalized spacial score (nSPS) is 24.3. The Kier molecular flexibility index (Phi) is 4.71. The molecule has 0 aliphatic carbocycles. The van der Waals surface area contributed by atoms with Crippen LogP contribution in [0.4, 0.5) is 13.6 Å². The number of rotatable bonds is 2. The van der Waals surface area contributed by atoms with Gasteiger partial charge in [-0.15, -0.1) is 0 Å². The minimum Gasteiger partial charge on any atom is -0.290 e. The van der Waals surface area contributed by atoms with E-state index in [9.17, 15) is 23.6 Å². The average molecular weight is 314 g/mol. The highest BCUT2D eigenvalue weighted by molar-refractivity contribution is 6.17. The summed E-state index contributed by atoms with van der Waals surface area (Å²) < 4.78 is 26.5. The van der Waals surface area contributed by atoms with E-state index in [-0.39, 0.29) is 6.54 Å². The van der Waals surface area contributed by atoms with Crippen LogP contribution in [-0.4, -0.2) is 90.3 Å². The molecule has 2 aliphatic rings. The van der Waals surface area contributed by atoms with Gasteiger partial charge in [0.25, 0.3) is 18.2 Å². The van der Waals surface area contributed by atoms with Gasteiger partial charge in [-0.3, -0.25) is 14.3 Å². The second-order valence-electron chi connectivity index (χ2n) is 5.34. The Labute approximate surface area is 127 Å². The van der Waals surface area contributed by atoms with Crippen LogP contribution >= 0.6 is 0 Å². The highest BCUT2D eigenvalue weighted by atomic mass is 19.3. The number of carbonyl (C=O) groups excluding carboxylic acids is 2. The summed E-state index contributed by atoms with van der Waals surface area (Å²) in [6.07, 6.45) is -2.39. The Hall–Kier alpha value is -2.08. The molecule has 0 spiro atoms. The molecular weight excluding hydrogens is 296 g/mol. The molecule has 2 heterocycles. The number of alkyl halides is 2. The quantitative estimate of drug-likeness (QED) is 0.653. The standard InChI is InChI=1S/C13H18F2N5O2/c1-17-11(9(7-16)12(21)18(2)13(17)22)20-5-3-19(4-6-20)8-10(14)15/h9-10H,3-6,8H2,1-2H3/q+1. The lowest BCUT2D eigenvalue weighted by Crippen LogP contribution is -2.60. The highest BCUT2D eigenvalue weighted by Gasteiger charge is 2.48. The van der Waals surface area contributed by atoms with E-state index in [1.165, 1.54) is 19.0 Å². The van der Waals surface area contributed by atoms with Crippen molar-refractivity contribution in [1.82, 2.24) is 14.7 Å². The van der Waals surface area contributed by atoms with Crippen LogP contribution in [-0.2, 0) is 4.79 Å². The smallest absolute Gasteiger partial charge is 0.290 e. The highest BCUT2D eigenvalue weighted by Crippen LogP contribution is 2.17. The lowest BCUT2D eigenvalue weighted by Gasteiger charge is -2.32. The largest absolute Gasteiger partial charge is 0.417 e. The molecule has 9 heteroatoms. The van der Waals surface area contributed by atoms with Crippen molar-refractivity contribution in [3.63, 3.8) is 0 Å². The van der Waals surface area contributed by atoms with Crippen molar-refractivity contribution in [1.29, 1.82) is 5.26 Å². The SMILES string of the molecule is CN1C(=O)C(C#N)C(=[N+]2CCN(CC(F)F)CC2)N(C)C1=O. The van der Waals surface area contributed by atoms with Crippen LogP contribution in [0.3, 0.4) is 0 Å². The predicted octanol–water partition coefficient (Wildman–Crippen LogP) is -0.358. The Morgan fingerprint density at radius 2 is 1.86 bits per heavy atom. The Morgan fingerprint density at radius 1 is 1.27 bits per heavy atom. The lowest BCUT2D eigenvalue weighted by atomic mass is 10.0. The van der Waals surface area contributed by atoms with Crippen LogP contribution in [0, 0.1) is 17.2 Å². The molecule has 0 aromatic heterocycles. The number of hydrogen-bond donors (Lipinski definition) is 0. The summed E-state index contributed by atoms with van der Waals surface area (Å²) in [5.74, 6) is -1.27. The van der Waals surface area contributed by atoms with Gasteiger partial charge in [0.2, 0.25) is 5.92 Å². The number of hydrogen-bond acceptors (Lipinski definition) is 4. The third-order valence-corrected chi connectivity index (χ3v) is 3.97. The molecule has 3 amide bonds. The third kappa shape index (κ3) is 2.92. The molecule has 0 bridgehead atoms. The molecule has 1 unspecified atom stereocenters. The van der Waals surface area contributed by atoms with E-state index in [0.717, 1.165) is 4.90 Å². The zero-order valence-electron chi connectivity index (χ0n) is 12.5. The van der Waals surface area contributed by atoms with Gasteiger partial charge in [0.1, 0.15) is 0 Å². The molecule has 7 nitrogen and oxygen atoms in total. The topological polar surface area (TPSA) is 70.7 Å². The molecule has 2 fully saturated rings. The molecule has 120 valence electrons. The molecule has 2 rings (SSSR count). The fourth-order valence-corrected chi connectivity index (χ4v) is 2.78. The molecule has 0 saturated carbocycles. The van der Waals surface area contributed by atoms with E-state index in [1.807, 2.05) is 6.07 Å². The van der Waals surface area contributed by atoms with Gasteiger partial charge in [-0.1, -0.05) is 0 Å². The van der Waals surface area contributed by atoms with Gasteiger partial charge in [-0.2, -0.15) is 10.2 Å². The zero-order valence-corrected chi connectivity index (χ0v) is 12.5. The first-order valence-corrected chi connectivity index (χ1v) is 6.94. The molecule has 22 heavy (non-hydrogen) atoms. The monoisotopic (exact) mass is 314 g/mol. The van der Waals surface area contributed by atoms with Gasteiger partial charge in [-0.05, 0) is 0 Å². The second kappa shape index (κ2) is 6.36. The molecule has 1 atom stereocenters. The van der Waals surface area contributed by atoms with Crippen molar-refractivity contribution in [2.75, 3.05) is 46.8 Å². The maximum atomic E-state index is 12.4. The third-order valence-electron chi connectivity index (χ3n) is 3.97. The summed E-state index contributed by atoms with van der Waals surface area (Å²) in [5, 5.41) is 9.26. The molecule has 2 saturated heterocycles. The fraction of sp³-hybridized carbons (Fsp3) is 0.692. The van der Waals surface area contributed by atoms with Crippen molar-refractivity contribution in [3.05, 3.63) is 0 Å². The molecule has 0 aromatic carbocycles. The first kappa shape index (κ1) is 16.3. The number of amidine groups is 1. The first-order valence-electron chi connectivity index (χ1n) is 6.94. The molecular formula is C13H18F2N5O2+. The summed E-state index contributed by atoms with van der Waals surface area (Å²) >= 11 is 0. The maximum absolute atomic E-state index is 12.4. The number of imide groups is 1. The second-order valence-corrected chi connectivity index (χ2v) is 5.34. The molecule has 2 aliphatic heterocycles. The van der Waals surface area contributed by atoms with Gasteiger partial charge in [0.15, 0.2) is 0 Å². The van der Waals surface area contributed by atoms with E-state index >= 15 is 0 Å². The predicted molar refractivity (Wildman–Crippen MR) is 72.5 cm³/mol. The van der Waals surface area contributed by atoms with Crippen LogP contribution in [0.2, 0.25) is 0 Å². The van der Waals surface area contributed by atoms with Gasteiger partial charge in [0.05, 0.1) is 32.8 Å². The van der Waals surface area contributed by atoms with E-state index in [4.69, 9.17) is 0 Å². The van der Waals surface area contributed by atoms with Crippen LogP contribution in [0.1, 0.15) is 0 Å². The summed E-state index contributed by atoms with van der Waals surface area (Å²) in [5.41, 5.74) is 0. The number of carbonyl (C=O) groups is 2. The van der Waals surface area contributed by atoms with Crippen LogP contribution in [0.25, 0.3) is 0 Å². The number of halogens is 2. The van der Waals surface area contributed by atoms with Gasteiger partial charge < -0.3 is 0 Å². The fourth-order valence-electron chi connectivity index (χ4n) is 2.78. The minimum absolute atomic E-state index is 0.290. The molecule has 0 radical (unpaired) electrons. The number of urea groups is 1.